The Labute approximate surface area is 76.0 Å². The highest BCUT2D eigenvalue weighted by atomic mass is 16.4. The van der Waals surface area contributed by atoms with Crippen LogP contribution in [0.1, 0.15) is 12.8 Å². The summed E-state index contributed by atoms with van der Waals surface area (Å²) in [6.45, 7) is 0.635. The van der Waals surface area contributed by atoms with Crippen LogP contribution in [0.2, 0.25) is 0 Å². The molecule has 0 aromatic rings. The third kappa shape index (κ3) is 2.90. The maximum absolute atomic E-state index is 10.4. The summed E-state index contributed by atoms with van der Waals surface area (Å²) in [5.41, 5.74) is 10.8. The van der Waals surface area contributed by atoms with Crippen molar-refractivity contribution in [2.24, 2.45) is 16.5 Å². The van der Waals surface area contributed by atoms with Crippen LogP contribution in [0.25, 0.3) is 0 Å². The van der Waals surface area contributed by atoms with Crippen LogP contribution in [0.4, 0.5) is 0 Å². The zero-order chi connectivity index (χ0) is 9.84. The van der Waals surface area contributed by atoms with Gasteiger partial charge in [0.1, 0.15) is 6.04 Å². The summed E-state index contributed by atoms with van der Waals surface area (Å²) in [6.07, 6.45) is 1.16. The van der Waals surface area contributed by atoms with Crippen molar-refractivity contribution in [2.75, 3.05) is 6.54 Å². The maximum Gasteiger partial charge on any atom is 0.320 e. The van der Waals surface area contributed by atoms with Crippen molar-refractivity contribution in [2.45, 2.75) is 24.9 Å². The van der Waals surface area contributed by atoms with Crippen LogP contribution in [0.15, 0.2) is 4.99 Å². The number of carboxylic acids is 1. The normalized spacial score (nSPS) is 24.4. The molecule has 0 saturated heterocycles. The zero-order valence-electron chi connectivity index (χ0n) is 7.23. The van der Waals surface area contributed by atoms with Crippen molar-refractivity contribution in [3.8, 4) is 0 Å². The number of guanidine groups is 1. The fraction of sp³-hybridized carbons (Fsp3) is 0.714. The second-order valence-corrected chi connectivity index (χ2v) is 3.08. The summed E-state index contributed by atoms with van der Waals surface area (Å²) in [6, 6.07) is -0.799. The number of nitrogens with one attached hydrogen (secondary N) is 1. The number of nitrogens with zero attached hydrogens (tertiary/aromatic N) is 1. The van der Waals surface area contributed by atoms with Crippen molar-refractivity contribution >= 4 is 11.9 Å². The molecule has 1 heterocycles. The standard InChI is InChI=1S/C7H14N4O2/c8-5(6(12)13)3-4-1-2-10-7(9)11-4/h4-5H,1-3,8H2,(H,12,13)(H3,9,10,11)/t4-,5+/m1/s1. The second-order valence-electron chi connectivity index (χ2n) is 3.08. The van der Waals surface area contributed by atoms with E-state index in [2.05, 4.69) is 10.3 Å². The van der Waals surface area contributed by atoms with Crippen LogP contribution in [-0.2, 0) is 4.79 Å². The molecule has 0 unspecified atom stereocenters. The fourth-order valence-corrected chi connectivity index (χ4v) is 1.25. The van der Waals surface area contributed by atoms with Crippen LogP contribution in [0.5, 0.6) is 0 Å². The quantitative estimate of drug-likeness (QED) is 0.427. The van der Waals surface area contributed by atoms with Gasteiger partial charge in [-0.3, -0.25) is 9.79 Å². The highest BCUT2D eigenvalue weighted by Gasteiger charge is 2.20. The van der Waals surface area contributed by atoms with Crippen LogP contribution in [0.3, 0.4) is 0 Å². The number of carbonyl (C=O) groups is 1. The number of rotatable bonds is 3. The molecule has 0 aromatic carbocycles. The smallest absolute Gasteiger partial charge is 0.320 e. The molecule has 0 radical (unpaired) electrons. The van der Waals surface area contributed by atoms with Gasteiger partial charge in [-0.15, -0.1) is 0 Å². The largest absolute Gasteiger partial charge is 0.480 e. The van der Waals surface area contributed by atoms with Gasteiger partial charge in [-0.25, -0.2) is 0 Å². The lowest BCUT2D eigenvalue weighted by Gasteiger charge is -2.23. The van der Waals surface area contributed by atoms with E-state index in [1.165, 1.54) is 0 Å². The Morgan fingerprint density at radius 2 is 2.54 bits per heavy atom. The minimum absolute atomic E-state index is 0.0311. The van der Waals surface area contributed by atoms with Crippen LogP contribution in [0, 0.1) is 0 Å². The molecule has 0 saturated carbocycles. The van der Waals surface area contributed by atoms with Crippen molar-refractivity contribution in [3.05, 3.63) is 0 Å². The first-order valence-electron chi connectivity index (χ1n) is 4.14. The van der Waals surface area contributed by atoms with Crippen LogP contribution < -0.4 is 16.8 Å². The van der Waals surface area contributed by atoms with E-state index >= 15 is 0 Å². The molecule has 6 N–H and O–H groups in total. The number of aliphatic imine (C=N–C) groups is 1. The molecule has 0 spiro atoms. The van der Waals surface area contributed by atoms with E-state index < -0.39 is 12.0 Å². The van der Waals surface area contributed by atoms with E-state index in [0.717, 1.165) is 6.42 Å². The number of hydrogen-bond donors (Lipinski definition) is 4. The lowest BCUT2D eigenvalue weighted by atomic mass is 10.0. The summed E-state index contributed by atoms with van der Waals surface area (Å²) in [7, 11) is 0. The molecule has 74 valence electrons. The van der Waals surface area contributed by atoms with E-state index in [4.69, 9.17) is 16.6 Å². The molecule has 2 atom stereocenters. The Bertz CT molecular complexity index is 229. The Morgan fingerprint density at radius 1 is 1.85 bits per heavy atom. The topological polar surface area (TPSA) is 114 Å². The predicted octanol–water partition coefficient (Wildman–Crippen LogP) is -1.53. The maximum atomic E-state index is 10.4. The van der Waals surface area contributed by atoms with Crippen LogP contribution in [-0.4, -0.2) is 35.7 Å². The number of carboxylic acid groups (broad SMARTS) is 1. The lowest BCUT2D eigenvalue weighted by molar-refractivity contribution is -0.138. The zero-order valence-corrected chi connectivity index (χ0v) is 7.23. The minimum atomic E-state index is -0.983. The van der Waals surface area contributed by atoms with Crippen molar-refractivity contribution in [3.63, 3.8) is 0 Å². The molecular weight excluding hydrogens is 172 g/mol. The molecule has 1 aliphatic rings. The molecule has 0 aliphatic carbocycles. The highest BCUT2D eigenvalue weighted by Crippen LogP contribution is 2.05. The average molecular weight is 186 g/mol. The fourth-order valence-electron chi connectivity index (χ4n) is 1.25. The molecule has 0 bridgehead atoms. The number of aliphatic carboxylic acids is 1. The lowest BCUT2D eigenvalue weighted by Crippen LogP contribution is -2.47. The molecule has 13 heavy (non-hydrogen) atoms. The highest BCUT2D eigenvalue weighted by molar-refractivity contribution is 5.79. The molecule has 0 aromatic heterocycles. The van der Waals surface area contributed by atoms with Crippen LogP contribution >= 0.6 is 0 Å². The minimum Gasteiger partial charge on any atom is -0.480 e. The van der Waals surface area contributed by atoms with Gasteiger partial charge in [-0.1, -0.05) is 0 Å². The summed E-state index contributed by atoms with van der Waals surface area (Å²) < 4.78 is 0. The van der Waals surface area contributed by atoms with Gasteiger partial charge in [0, 0.05) is 12.6 Å². The number of nitrogens with two attached hydrogens (primary N) is 2. The Morgan fingerprint density at radius 3 is 3.08 bits per heavy atom. The summed E-state index contributed by atoms with van der Waals surface area (Å²) >= 11 is 0. The molecular formula is C7H14N4O2. The summed E-state index contributed by atoms with van der Waals surface area (Å²) in [5.74, 6) is -0.614. The van der Waals surface area contributed by atoms with E-state index in [9.17, 15) is 4.79 Å². The first-order valence-corrected chi connectivity index (χ1v) is 4.14. The Hall–Kier alpha value is -1.30. The monoisotopic (exact) mass is 186 g/mol. The molecule has 6 nitrogen and oxygen atoms in total. The van der Waals surface area contributed by atoms with Gasteiger partial charge >= 0.3 is 5.97 Å². The average Bonchev–Trinajstić information content (AvgIpc) is 2.04. The third-order valence-electron chi connectivity index (χ3n) is 1.97. The molecule has 1 aliphatic heterocycles. The SMILES string of the molecule is NC1=NCC[C@H](C[C@H](N)C(=O)O)N1. The van der Waals surface area contributed by atoms with Gasteiger partial charge in [-0.05, 0) is 12.8 Å². The Kier molecular flexibility index (Phi) is 3.07. The summed E-state index contributed by atoms with van der Waals surface area (Å²) in [4.78, 5) is 14.4. The third-order valence-corrected chi connectivity index (χ3v) is 1.97. The first kappa shape index (κ1) is 9.79. The molecule has 6 heteroatoms. The first-order chi connectivity index (χ1) is 6.09. The Balaban J connectivity index is 2.38. The molecule has 0 amide bonds. The van der Waals surface area contributed by atoms with Crippen molar-refractivity contribution < 1.29 is 9.90 Å². The van der Waals surface area contributed by atoms with Crippen molar-refractivity contribution in [1.82, 2.24) is 5.32 Å². The molecule has 1 rings (SSSR count). The van der Waals surface area contributed by atoms with Gasteiger partial charge in [0.2, 0.25) is 0 Å². The summed E-state index contributed by atoms with van der Waals surface area (Å²) in [5, 5.41) is 11.5. The van der Waals surface area contributed by atoms with E-state index in [0.29, 0.717) is 18.9 Å². The second kappa shape index (κ2) is 4.08. The van der Waals surface area contributed by atoms with Crippen molar-refractivity contribution in [1.29, 1.82) is 0 Å². The van der Waals surface area contributed by atoms with E-state index in [1.807, 2.05) is 0 Å². The van der Waals surface area contributed by atoms with Gasteiger partial charge in [0.05, 0.1) is 0 Å². The van der Waals surface area contributed by atoms with Gasteiger partial charge < -0.3 is 21.9 Å². The molecule has 0 fully saturated rings. The van der Waals surface area contributed by atoms with Gasteiger partial charge in [0.25, 0.3) is 0 Å². The van der Waals surface area contributed by atoms with Gasteiger partial charge in [-0.2, -0.15) is 0 Å². The number of hydrogen-bond acceptors (Lipinski definition) is 5. The van der Waals surface area contributed by atoms with E-state index in [1.54, 1.807) is 0 Å². The van der Waals surface area contributed by atoms with E-state index in [-0.39, 0.29) is 6.04 Å². The van der Waals surface area contributed by atoms with Gasteiger partial charge in [0.15, 0.2) is 5.96 Å². The predicted molar refractivity (Wildman–Crippen MR) is 48.3 cm³/mol.